The second-order valence-corrected chi connectivity index (χ2v) is 5.43. The van der Waals surface area contributed by atoms with Crippen LogP contribution < -0.4 is 4.90 Å². The highest BCUT2D eigenvalue weighted by molar-refractivity contribution is 5.81. The van der Waals surface area contributed by atoms with Gasteiger partial charge in [0, 0.05) is 33.1 Å². The van der Waals surface area contributed by atoms with Crippen LogP contribution in [0.25, 0.3) is 0 Å². The smallest absolute Gasteiger partial charge is 0.228 e. The molecule has 3 rings (SSSR count). The zero-order chi connectivity index (χ0) is 12.7. The quantitative estimate of drug-likeness (QED) is 0.794. The molecule has 0 aromatic carbocycles. The number of nitrogens with zero attached hydrogens (tertiary/aromatic N) is 4. The Morgan fingerprint density at radius 2 is 2.00 bits per heavy atom. The number of hydrogen-bond donors (Lipinski definition) is 0. The van der Waals surface area contributed by atoms with Crippen LogP contribution in [0, 0.1) is 5.92 Å². The molecule has 5 heteroatoms. The van der Waals surface area contributed by atoms with E-state index in [1.807, 2.05) is 6.07 Å². The van der Waals surface area contributed by atoms with Crippen molar-refractivity contribution < 1.29 is 4.79 Å². The van der Waals surface area contributed by atoms with Gasteiger partial charge in [-0.25, -0.2) is 0 Å². The summed E-state index contributed by atoms with van der Waals surface area (Å²) in [5, 5.41) is 8.51. The van der Waals surface area contributed by atoms with E-state index < -0.39 is 0 Å². The lowest BCUT2D eigenvalue weighted by Gasteiger charge is -2.39. The molecule has 1 aromatic rings. The highest BCUT2D eigenvalue weighted by Gasteiger charge is 2.34. The van der Waals surface area contributed by atoms with Crippen LogP contribution in [0.3, 0.4) is 0 Å². The molecule has 0 atom stereocenters. The minimum absolute atomic E-state index is 0.116. The summed E-state index contributed by atoms with van der Waals surface area (Å²) in [6.45, 7) is 1.52. The van der Waals surface area contributed by atoms with Gasteiger partial charge >= 0.3 is 0 Å². The highest BCUT2D eigenvalue weighted by Crippen LogP contribution is 2.38. The van der Waals surface area contributed by atoms with Gasteiger partial charge in [-0.15, -0.1) is 5.10 Å². The number of amides is 1. The first-order valence-corrected chi connectivity index (χ1v) is 6.45. The third kappa shape index (κ3) is 2.05. The van der Waals surface area contributed by atoms with E-state index in [0.29, 0.717) is 5.92 Å². The lowest BCUT2D eigenvalue weighted by molar-refractivity contribution is -0.133. The van der Waals surface area contributed by atoms with E-state index in [0.717, 1.165) is 24.6 Å². The topological polar surface area (TPSA) is 49.3 Å². The van der Waals surface area contributed by atoms with Crippen molar-refractivity contribution in [1.82, 2.24) is 15.1 Å². The molecule has 0 bridgehead atoms. The first-order chi connectivity index (χ1) is 8.65. The van der Waals surface area contributed by atoms with E-state index in [1.165, 1.54) is 12.8 Å². The van der Waals surface area contributed by atoms with Crippen molar-refractivity contribution >= 4 is 11.7 Å². The average molecular weight is 246 g/mol. The zero-order valence-electron chi connectivity index (χ0n) is 10.8. The van der Waals surface area contributed by atoms with Gasteiger partial charge in [-0.3, -0.25) is 4.79 Å². The summed E-state index contributed by atoms with van der Waals surface area (Å²) >= 11 is 0. The fourth-order valence-corrected chi connectivity index (χ4v) is 2.29. The van der Waals surface area contributed by atoms with Crippen LogP contribution >= 0.6 is 0 Å². The molecule has 1 aromatic heterocycles. The Bertz CT molecular complexity index is 447. The SMILES string of the molecule is CN(C)C(=O)C1CN(c2ccc(C3CC3)nn2)C1. The number of aromatic nitrogens is 2. The molecule has 0 radical (unpaired) electrons. The van der Waals surface area contributed by atoms with Crippen LogP contribution in [-0.2, 0) is 4.79 Å². The molecule has 96 valence electrons. The second-order valence-electron chi connectivity index (χ2n) is 5.43. The molecule has 1 saturated heterocycles. The van der Waals surface area contributed by atoms with E-state index in [2.05, 4.69) is 21.2 Å². The molecule has 1 aliphatic heterocycles. The van der Waals surface area contributed by atoms with E-state index in [4.69, 9.17) is 0 Å². The standard InChI is InChI=1S/C13H18N4O/c1-16(2)13(18)10-7-17(8-10)12-6-5-11(14-15-12)9-3-4-9/h5-6,9-10H,3-4,7-8H2,1-2H3. The molecule has 18 heavy (non-hydrogen) atoms. The Balaban J connectivity index is 1.59. The number of carbonyl (C=O) groups excluding carboxylic acids is 1. The first-order valence-electron chi connectivity index (χ1n) is 6.45. The molecule has 0 spiro atoms. The summed E-state index contributed by atoms with van der Waals surface area (Å²) in [4.78, 5) is 15.5. The molecule has 0 unspecified atom stereocenters. The van der Waals surface area contributed by atoms with Gasteiger partial charge in [0.05, 0.1) is 11.6 Å². The van der Waals surface area contributed by atoms with Crippen molar-refractivity contribution in [2.24, 2.45) is 5.92 Å². The van der Waals surface area contributed by atoms with Crippen molar-refractivity contribution in [1.29, 1.82) is 0 Å². The van der Waals surface area contributed by atoms with Crippen LogP contribution in [0.2, 0.25) is 0 Å². The minimum atomic E-state index is 0.116. The van der Waals surface area contributed by atoms with E-state index in [1.54, 1.807) is 19.0 Å². The Labute approximate surface area is 107 Å². The third-order valence-corrected chi connectivity index (χ3v) is 3.66. The van der Waals surface area contributed by atoms with Gasteiger partial charge in [-0.1, -0.05) is 0 Å². The monoisotopic (exact) mass is 246 g/mol. The van der Waals surface area contributed by atoms with E-state index in [9.17, 15) is 4.79 Å². The molecule has 2 aliphatic rings. The average Bonchev–Trinajstić information content (AvgIpc) is 3.11. The Morgan fingerprint density at radius 3 is 2.50 bits per heavy atom. The fraction of sp³-hybridized carbons (Fsp3) is 0.615. The Kier molecular flexibility index (Phi) is 2.69. The lowest BCUT2D eigenvalue weighted by atomic mass is 9.99. The molecule has 1 aliphatic carbocycles. The Morgan fingerprint density at radius 1 is 1.28 bits per heavy atom. The fourth-order valence-electron chi connectivity index (χ4n) is 2.29. The van der Waals surface area contributed by atoms with Crippen LogP contribution in [0.5, 0.6) is 0 Å². The maximum Gasteiger partial charge on any atom is 0.228 e. The van der Waals surface area contributed by atoms with Crippen molar-refractivity contribution in [3.8, 4) is 0 Å². The third-order valence-electron chi connectivity index (χ3n) is 3.66. The molecule has 1 amide bonds. The largest absolute Gasteiger partial charge is 0.353 e. The number of rotatable bonds is 3. The van der Waals surface area contributed by atoms with Crippen molar-refractivity contribution in [3.63, 3.8) is 0 Å². The van der Waals surface area contributed by atoms with Crippen molar-refractivity contribution in [3.05, 3.63) is 17.8 Å². The minimum Gasteiger partial charge on any atom is -0.353 e. The lowest BCUT2D eigenvalue weighted by Crippen LogP contribution is -2.53. The maximum atomic E-state index is 11.7. The predicted molar refractivity (Wildman–Crippen MR) is 68.4 cm³/mol. The summed E-state index contributed by atoms with van der Waals surface area (Å²) in [6, 6.07) is 4.10. The van der Waals surface area contributed by atoms with E-state index in [-0.39, 0.29) is 11.8 Å². The molecule has 5 nitrogen and oxygen atoms in total. The summed E-state index contributed by atoms with van der Waals surface area (Å²) in [7, 11) is 3.60. The van der Waals surface area contributed by atoms with Crippen molar-refractivity contribution in [2.45, 2.75) is 18.8 Å². The van der Waals surface area contributed by atoms with Gasteiger partial charge in [-0.2, -0.15) is 5.10 Å². The zero-order valence-corrected chi connectivity index (χ0v) is 10.8. The summed E-state index contributed by atoms with van der Waals surface area (Å²) in [6.07, 6.45) is 2.49. The molecule has 2 heterocycles. The molecule has 0 N–H and O–H groups in total. The number of carbonyl (C=O) groups is 1. The van der Waals surface area contributed by atoms with Gasteiger partial charge in [0.15, 0.2) is 5.82 Å². The van der Waals surface area contributed by atoms with Crippen LogP contribution in [0.4, 0.5) is 5.82 Å². The first kappa shape index (κ1) is 11.4. The number of hydrogen-bond acceptors (Lipinski definition) is 4. The van der Waals surface area contributed by atoms with Gasteiger partial charge in [0.25, 0.3) is 0 Å². The molecular formula is C13H18N4O. The van der Waals surface area contributed by atoms with Gasteiger partial charge in [0.1, 0.15) is 0 Å². The molecular weight excluding hydrogens is 228 g/mol. The molecule has 2 fully saturated rings. The number of anilines is 1. The highest BCUT2D eigenvalue weighted by atomic mass is 16.2. The van der Waals surface area contributed by atoms with Crippen LogP contribution in [0.15, 0.2) is 12.1 Å². The summed E-state index contributed by atoms with van der Waals surface area (Å²) < 4.78 is 0. The summed E-state index contributed by atoms with van der Waals surface area (Å²) in [5.41, 5.74) is 1.11. The van der Waals surface area contributed by atoms with Gasteiger partial charge in [0.2, 0.25) is 5.91 Å². The van der Waals surface area contributed by atoms with E-state index >= 15 is 0 Å². The molecule has 1 saturated carbocycles. The Hall–Kier alpha value is -1.65. The normalized spacial score (nSPS) is 19.6. The maximum absolute atomic E-state index is 11.7. The summed E-state index contributed by atoms with van der Waals surface area (Å²) in [5.74, 6) is 1.85. The van der Waals surface area contributed by atoms with Gasteiger partial charge in [-0.05, 0) is 25.0 Å². The van der Waals surface area contributed by atoms with Gasteiger partial charge < -0.3 is 9.80 Å². The van der Waals surface area contributed by atoms with Crippen molar-refractivity contribution in [2.75, 3.05) is 32.1 Å². The van der Waals surface area contributed by atoms with Crippen LogP contribution in [0.1, 0.15) is 24.5 Å². The van der Waals surface area contributed by atoms with Crippen LogP contribution in [-0.4, -0.2) is 48.2 Å². The predicted octanol–water partition coefficient (Wildman–Crippen LogP) is 0.878. The second kappa shape index (κ2) is 4.23.